The van der Waals surface area contributed by atoms with Crippen LogP contribution in [0.25, 0.3) is 0 Å². The zero-order chi connectivity index (χ0) is 48.1. The molecule has 0 unspecified atom stereocenters. The molecule has 4 aliphatic heterocycles. The standard InChI is InChI=1S/C36H56N6O22/c1-9-23(50)27(22(33(57)58-9)42-15(7)49)61-35-20(40-13(5)47)18(38-11(3)45)28(30(64-35)32(55)56)62-36-21(41-14(6)48)25(52)26(16(8-43)59-36)60-34-19(39-12(4)46)17(37-10(2)44)24(51)29(63-34)31(53)54/h9,16-30,33-36,43,50-52,57H,8H2,1-7H3,(H,37,44)(H,38,45)(H,39,46)(H,40,47)(H,41,48)(H,42,49)(H,53,54)(H,55,56)/t9-,16-,17-,18-,19+,20+,21-,22-,23+,24+,25-,26-,27-,28+,29+,30+,33+,34-,35-,36-/m1/s1. The third kappa shape index (κ3) is 12.3. The molecule has 0 aromatic rings. The number of aliphatic carboxylic acids is 2. The second-order valence-electron chi connectivity index (χ2n) is 15.6. The van der Waals surface area contributed by atoms with E-state index < -0.39 is 176 Å². The van der Waals surface area contributed by atoms with Crippen molar-refractivity contribution in [3.8, 4) is 0 Å². The molecule has 0 aromatic heterocycles. The molecule has 4 rings (SSSR count). The number of aliphatic hydroxyl groups excluding tert-OH is 5. The summed E-state index contributed by atoms with van der Waals surface area (Å²) < 4.78 is 40.8. The highest BCUT2D eigenvalue weighted by Gasteiger charge is 2.58. The summed E-state index contributed by atoms with van der Waals surface area (Å²) in [5.41, 5.74) is 0. The summed E-state index contributed by atoms with van der Waals surface area (Å²) in [5.74, 6) is -8.25. The van der Waals surface area contributed by atoms with Crippen molar-refractivity contribution < 1.29 is 107 Å². The van der Waals surface area contributed by atoms with E-state index in [4.69, 9.17) is 33.2 Å². The fraction of sp³-hybridized carbons (Fsp3) is 0.778. The lowest BCUT2D eigenvalue weighted by atomic mass is 9.91. The first-order valence-corrected chi connectivity index (χ1v) is 19.9. The molecule has 4 saturated heterocycles. The molecular weight excluding hydrogens is 868 g/mol. The smallest absolute Gasteiger partial charge is 0.335 e. The Morgan fingerprint density at radius 1 is 0.453 bits per heavy atom. The lowest BCUT2D eigenvalue weighted by Gasteiger charge is -2.51. The molecule has 4 aliphatic rings. The van der Waals surface area contributed by atoms with Gasteiger partial charge in [0.15, 0.2) is 37.4 Å². The molecule has 0 radical (unpaired) electrons. The van der Waals surface area contributed by atoms with Gasteiger partial charge in [-0.1, -0.05) is 0 Å². The number of amides is 6. The molecule has 4 fully saturated rings. The van der Waals surface area contributed by atoms with Crippen LogP contribution in [0, 0.1) is 0 Å². The van der Waals surface area contributed by atoms with Crippen molar-refractivity contribution in [1.29, 1.82) is 0 Å². The van der Waals surface area contributed by atoms with Crippen molar-refractivity contribution >= 4 is 47.4 Å². The molecule has 0 saturated carbocycles. The van der Waals surface area contributed by atoms with Gasteiger partial charge >= 0.3 is 11.9 Å². The van der Waals surface area contributed by atoms with Gasteiger partial charge in [-0.05, 0) is 6.92 Å². The zero-order valence-corrected chi connectivity index (χ0v) is 35.5. The Bertz CT molecular complexity index is 1740. The van der Waals surface area contributed by atoms with E-state index in [1.54, 1.807) is 0 Å². The lowest BCUT2D eigenvalue weighted by Crippen LogP contribution is -2.74. The number of ether oxygens (including phenoxy) is 7. The second-order valence-corrected chi connectivity index (χ2v) is 15.6. The van der Waals surface area contributed by atoms with Crippen molar-refractivity contribution in [2.45, 2.75) is 171 Å². The largest absolute Gasteiger partial charge is 0.479 e. The van der Waals surface area contributed by atoms with Crippen LogP contribution in [0.5, 0.6) is 0 Å². The maximum absolute atomic E-state index is 13.0. The quantitative estimate of drug-likeness (QED) is 0.0725. The van der Waals surface area contributed by atoms with E-state index in [0.717, 1.165) is 41.5 Å². The van der Waals surface area contributed by atoms with E-state index in [1.165, 1.54) is 6.92 Å². The van der Waals surface area contributed by atoms with Crippen molar-refractivity contribution in [3.63, 3.8) is 0 Å². The summed E-state index contributed by atoms with van der Waals surface area (Å²) in [4.78, 5) is 99.8. The highest BCUT2D eigenvalue weighted by atomic mass is 16.8. The van der Waals surface area contributed by atoms with Crippen LogP contribution in [0.4, 0.5) is 0 Å². The Kier molecular flexibility index (Phi) is 17.8. The summed E-state index contributed by atoms with van der Waals surface area (Å²) in [5, 5.41) is 89.9. The summed E-state index contributed by atoms with van der Waals surface area (Å²) in [6, 6.07) is -9.77. The first-order valence-electron chi connectivity index (χ1n) is 19.9. The molecule has 0 spiro atoms. The highest BCUT2D eigenvalue weighted by Crippen LogP contribution is 2.35. The number of carbonyl (C=O) groups excluding carboxylic acids is 6. The van der Waals surface area contributed by atoms with Gasteiger partial charge in [-0.3, -0.25) is 28.8 Å². The molecule has 4 heterocycles. The monoisotopic (exact) mass is 924 g/mol. The number of hydrogen-bond acceptors (Lipinski definition) is 20. The lowest BCUT2D eigenvalue weighted by molar-refractivity contribution is -0.345. The molecule has 6 amide bonds. The van der Waals surface area contributed by atoms with E-state index in [9.17, 15) is 74.1 Å². The van der Waals surface area contributed by atoms with Gasteiger partial charge in [0.05, 0.1) is 24.8 Å². The van der Waals surface area contributed by atoms with Crippen LogP contribution in [0.1, 0.15) is 48.5 Å². The van der Waals surface area contributed by atoms with Gasteiger partial charge in [0.2, 0.25) is 35.4 Å². The van der Waals surface area contributed by atoms with Crippen LogP contribution < -0.4 is 31.9 Å². The topological polar surface area (TPSA) is 415 Å². The molecular formula is C36H56N6O22. The Morgan fingerprint density at radius 3 is 1.33 bits per heavy atom. The van der Waals surface area contributed by atoms with E-state index in [0.29, 0.717) is 0 Å². The maximum atomic E-state index is 13.0. The van der Waals surface area contributed by atoms with Crippen molar-refractivity contribution in [1.82, 2.24) is 31.9 Å². The summed E-state index contributed by atoms with van der Waals surface area (Å²) in [7, 11) is 0. The summed E-state index contributed by atoms with van der Waals surface area (Å²) in [6.07, 6.45) is -25.9. The average Bonchev–Trinajstić information content (AvgIpc) is 3.17. The van der Waals surface area contributed by atoms with Crippen LogP contribution in [0.15, 0.2) is 0 Å². The maximum Gasteiger partial charge on any atom is 0.335 e. The number of aliphatic hydroxyl groups is 5. The molecule has 0 aliphatic carbocycles. The first kappa shape index (κ1) is 51.9. The first-order chi connectivity index (χ1) is 29.9. The molecule has 362 valence electrons. The second kappa shape index (κ2) is 22.0. The van der Waals surface area contributed by atoms with Crippen LogP contribution in [0.3, 0.4) is 0 Å². The Labute approximate surface area is 363 Å². The van der Waals surface area contributed by atoms with Crippen LogP contribution >= 0.6 is 0 Å². The predicted octanol–water partition coefficient (Wildman–Crippen LogP) is -7.67. The number of carbonyl (C=O) groups is 8. The van der Waals surface area contributed by atoms with E-state index in [-0.39, 0.29) is 0 Å². The molecule has 13 N–H and O–H groups in total. The number of hydrogen-bond donors (Lipinski definition) is 13. The molecule has 0 bridgehead atoms. The van der Waals surface area contributed by atoms with Crippen molar-refractivity contribution in [3.05, 3.63) is 0 Å². The SMILES string of the molecule is CC(=O)N[C@@H]1[C@H](O[C@H]2[C@@H](O)[C@@H](C)O[C@H](O)[C@@H]2NC(C)=O)O[C@H](C(=O)O)[C@@H](O[C@H]2O[C@H](CO)[C@@H](O[C@@H]3O[C@H](C(=O)O)[C@@H](O)[C@H](NC(C)=O)[C@@H]3NC(C)=O)[C@H](O)[C@H]2NC(C)=O)[C@@H]1NC(C)=O. The third-order valence-corrected chi connectivity index (χ3v) is 10.5. The van der Waals surface area contributed by atoms with Gasteiger partial charge < -0.3 is 101 Å². The molecule has 28 nitrogen and oxygen atoms in total. The minimum atomic E-state index is -2.22. The predicted molar refractivity (Wildman–Crippen MR) is 203 cm³/mol. The normalized spacial score (nSPS) is 39.9. The van der Waals surface area contributed by atoms with Crippen LogP contribution in [-0.2, 0) is 71.5 Å². The number of rotatable bonds is 15. The fourth-order valence-electron chi connectivity index (χ4n) is 7.93. The van der Waals surface area contributed by atoms with E-state index in [2.05, 4.69) is 31.9 Å². The van der Waals surface area contributed by atoms with Gasteiger partial charge in [0, 0.05) is 41.5 Å². The minimum absolute atomic E-state index is 0.701. The number of carboxylic acids is 2. The Hall–Kier alpha value is -4.72. The number of nitrogens with one attached hydrogen (secondary N) is 6. The van der Waals surface area contributed by atoms with Gasteiger partial charge in [-0.25, -0.2) is 9.59 Å². The molecule has 0 aromatic carbocycles. The molecule has 20 atom stereocenters. The van der Waals surface area contributed by atoms with E-state index >= 15 is 0 Å². The van der Waals surface area contributed by atoms with Crippen molar-refractivity contribution in [2.75, 3.05) is 6.61 Å². The highest BCUT2D eigenvalue weighted by molar-refractivity contribution is 5.78. The van der Waals surface area contributed by atoms with Gasteiger partial charge in [0.25, 0.3) is 0 Å². The van der Waals surface area contributed by atoms with Crippen LogP contribution in [0.2, 0.25) is 0 Å². The third-order valence-electron chi connectivity index (χ3n) is 10.5. The zero-order valence-electron chi connectivity index (χ0n) is 35.5. The molecule has 64 heavy (non-hydrogen) atoms. The fourth-order valence-corrected chi connectivity index (χ4v) is 7.93. The van der Waals surface area contributed by atoms with E-state index in [1.807, 2.05) is 0 Å². The summed E-state index contributed by atoms with van der Waals surface area (Å²) in [6.45, 7) is 6.54. The Morgan fingerprint density at radius 2 is 0.844 bits per heavy atom. The van der Waals surface area contributed by atoms with Crippen molar-refractivity contribution in [2.24, 2.45) is 0 Å². The van der Waals surface area contributed by atoms with Crippen LogP contribution in [-0.4, -0.2) is 212 Å². The van der Waals surface area contributed by atoms with Gasteiger partial charge in [-0.2, -0.15) is 0 Å². The van der Waals surface area contributed by atoms with Gasteiger partial charge in [0.1, 0.15) is 66.9 Å². The van der Waals surface area contributed by atoms with Gasteiger partial charge in [-0.15, -0.1) is 0 Å². The number of carboxylic acid groups (broad SMARTS) is 2. The minimum Gasteiger partial charge on any atom is -0.479 e. The molecule has 28 heteroatoms. The Balaban J connectivity index is 1.75. The average molecular weight is 925 g/mol. The summed E-state index contributed by atoms with van der Waals surface area (Å²) >= 11 is 0.